The Hall–Kier alpha value is -1.88. The molecule has 5 nitrogen and oxygen atoms in total. The first-order valence-electron chi connectivity index (χ1n) is 7.72. The molecule has 3 heterocycles. The summed E-state index contributed by atoms with van der Waals surface area (Å²) in [4.78, 5) is 24.3. The van der Waals surface area contributed by atoms with Gasteiger partial charge in [0, 0.05) is 25.2 Å². The summed E-state index contributed by atoms with van der Waals surface area (Å²) in [6, 6.07) is 9.84. The maximum atomic E-state index is 12.3. The van der Waals surface area contributed by atoms with Crippen LogP contribution in [-0.4, -0.2) is 23.5 Å². The van der Waals surface area contributed by atoms with Gasteiger partial charge >= 0.3 is 11.9 Å². The van der Waals surface area contributed by atoms with Crippen LogP contribution in [0.3, 0.4) is 0 Å². The number of carbonyl (C=O) groups is 2. The zero-order chi connectivity index (χ0) is 15.1. The molecule has 0 N–H and O–H groups in total. The van der Waals surface area contributed by atoms with Crippen LogP contribution in [0.15, 0.2) is 30.3 Å². The fraction of sp³-hybridized carbons (Fsp3) is 0.529. The summed E-state index contributed by atoms with van der Waals surface area (Å²) in [5.74, 6) is -3.07. The molecular weight excluding hydrogens is 284 g/mol. The first-order valence-corrected chi connectivity index (χ1v) is 7.72. The molecule has 22 heavy (non-hydrogen) atoms. The van der Waals surface area contributed by atoms with Crippen molar-refractivity contribution in [2.24, 2.45) is 23.7 Å². The Morgan fingerprint density at radius 3 is 2.50 bits per heavy atom. The van der Waals surface area contributed by atoms with Gasteiger partial charge in [0.2, 0.25) is 11.6 Å². The predicted octanol–water partition coefficient (Wildman–Crippen LogP) is 1.65. The molecule has 1 aromatic carbocycles. The van der Waals surface area contributed by atoms with Gasteiger partial charge in [-0.15, -0.1) is 0 Å². The highest BCUT2D eigenvalue weighted by Crippen LogP contribution is 2.67. The lowest BCUT2D eigenvalue weighted by atomic mass is 9.80. The molecule has 1 aromatic rings. The van der Waals surface area contributed by atoms with Gasteiger partial charge in [-0.25, -0.2) is 0 Å². The van der Waals surface area contributed by atoms with Crippen molar-refractivity contribution >= 4 is 11.9 Å². The molecule has 3 saturated heterocycles. The summed E-state index contributed by atoms with van der Waals surface area (Å²) in [5, 5.41) is 0. The van der Waals surface area contributed by atoms with Crippen LogP contribution < -0.4 is 0 Å². The van der Waals surface area contributed by atoms with Gasteiger partial charge in [-0.05, 0) is 12.0 Å². The molecule has 1 saturated carbocycles. The van der Waals surface area contributed by atoms with Crippen LogP contribution in [0, 0.1) is 23.7 Å². The summed E-state index contributed by atoms with van der Waals surface area (Å²) < 4.78 is 17.4. The molecule has 6 atom stereocenters. The summed E-state index contributed by atoms with van der Waals surface area (Å²) in [6.45, 7) is 1.80. The van der Waals surface area contributed by atoms with Gasteiger partial charge in [-0.2, -0.15) is 0 Å². The number of esters is 2. The molecule has 114 valence electrons. The van der Waals surface area contributed by atoms with Crippen LogP contribution in [0.1, 0.15) is 18.9 Å². The lowest BCUT2D eigenvalue weighted by Crippen LogP contribution is -2.40. The number of hydrogen-bond donors (Lipinski definition) is 0. The maximum Gasteiger partial charge on any atom is 0.312 e. The Morgan fingerprint density at radius 2 is 1.73 bits per heavy atom. The van der Waals surface area contributed by atoms with E-state index < -0.39 is 11.6 Å². The third-order valence-corrected chi connectivity index (χ3v) is 5.73. The molecule has 0 bridgehead atoms. The largest absolute Gasteiger partial charge is 0.433 e. The average Bonchev–Trinajstić information content (AvgIpc) is 3.10. The monoisotopic (exact) mass is 300 g/mol. The fourth-order valence-electron chi connectivity index (χ4n) is 5.07. The minimum absolute atomic E-state index is 0.0832. The Kier molecular flexibility index (Phi) is 2.13. The van der Waals surface area contributed by atoms with E-state index in [4.69, 9.17) is 14.2 Å². The zero-order valence-corrected chi connectivity index (χ0v) is 12.2. The number of benzene rings is 1. The number of ether oxygens (including phenoxy) is 3. The third kappa shape index (κ3) is 1.33. The van der Waals surface area contributed by atoms with Crippen molar-refractivity contribution in [3.63, 3.8) is 0 Å². The molecule has 1 aliphatic carbocycles. The van der Waals surface area contributed by atoms with Crippen molar-refractivity contribution in [3.05, 3.63) is 35.9 Å². The first kappa shape index (κ1) is 12.6. The van der Waals surface area contributed by atoms with E-state index in [0.29, 0.717) is 12.8 Å². The Labute approximate surface area is 127 Å². The highest BCUT2D eigenvalue weighted by atomic mass is 16.8. The van der Waals surface area contributed by atoms with Gasteiger partial charge in [-0.3, -0.25) is 14.3 Å². The minimum atomic E-state index is -0.988. The lowest BCUT2D eigenvalue weighted by Gasteiger charge is -2.30. The van der Waals surface area contributed by atoms with E-state index in [0.717, 1.165) is 5.56 Å². The highest BCUT2D eigenvalue weighted by Gasteiger charge is 2.79. The van der Waals surface area contributed by atoms with E-state index >= 15 is 0 Å². The molecule has 5 heteroatoms. The lowest BCUT2D eigenvalue weighted by molar-refractivity contribution is -0.287. The van der Waals surface area contributed by atoms with E-state index in [2.05, 4.69) is 0 Å². The van der Waals surface area contributed by atoms with E-state index in [1.807, 2.05) is 30.3 Å². The van der Waals surface area contributed by atoms with E-state index in [1.165, 1.54) is 0 Å². The average molecular weight is 300 g/mol. The molecule has 4 aliphatic rings. The van der Waals surface area contributed by atoms with Crippen molar-refractivity contribution in [2.45, 2.75) is 31.3 Å². The normalized spacial score (nSPS) is 47.5. The van der Waals surface area contributed by atoms with Gasteiger partial charge in [0.15, 0.2) is 0 Å². The molecule has 0 spiro atoms. The van der Waals surface area contributed by atoms with Gasteiger partial charge in [0.25, 0.3) is 0 Å². The number of rotatable bonds is 2. The quantitative estimate of drug-likeness (QED) is 0.777. The van der Waals surface area contributed by atoms with Gasteiger partial charge < -0.3 is 9.47 Å². The second-order valence-electron chi connectivity index (χ2n) is 6.93. The van der Waals surface area contributed by atoms with Crippen LogP contribution in [0.5, 0.6) is 0 Å². The SMILES string of the molecule is C[C@]12OC(=O)[C@@H]3C[C@@H]4C(=O)O[C@](Cc5ccccc5)(O1)[C@@H]4[C@@H]32. The van der Waals surface area contributed by atoms with Crippen LogP contribution in [0.2, 0.25) is 0 Å². The summed E-state index contributed by atoms with van der Waals surface area (Å²) >= 11 is 0. The topological polar surface area (TPSA) is 61.8 Å². The van der Waals surface area contributed by atoms with Crippen molar-refractivity contribution in [1.82, 2.24) is 0 Å². The van der Waals surface area contributed by atoms with Crippen molar-refractivity contribution in [3.8, 4) is 0 Å². The van der Waals surface area contributed by atoms with Crippen LogP contribution in [-0.2, 0) is 30.2 Å². The van der Waals surface area contributed by atoms with Gasteiger partial charge in [0.05, 0.1) is 11.8 Å². The second-order valence-corrected chi connectivity index (χ2v) is 6.93. The summed E-state index contributed by atoms with van der Waals surface area (Å²) in [6.07, 6.45) is 1.03. The highest BCUT2D eigenvalue weighted by molar-refractivity contribution is 5.83. The standard InChI is InChI=1S/C17H16O5/c1-16-12-10(14(18)20-16)7-11-13(12)17(22-16,21-15(11)19)8-9-5-3-2-4-6-9/h2-6,10-13H,7-8H2,1H3/t10-,11+,12-,13+,16+,17-/m1/s1. The molecule has 4 fully saturated rings. The third-order valence-electron chi connectivity index (χ3n) is 5.73. The second kappa shape index (κ2) is 3.71. The van der Waals surface area contributed by atoms with E-state index in [9.17, 15) is 9.59 Å². The van der Waals surface area contributed by atoms with Crippen LogP contribution in [0.4, 0.5) is 0 Å². The molecule has 3 aliphatic heterocycles. The molecule has 5 rings (SSSR count). The predicted molar refractivity (Wildman–Crippen MR) is 73.1 cm³/mol. The molecule has 0 amide bonds. The summed E-state index contributed by atoms with van der Waals surface area (Å²) in [7, 11) is 0. The van der Waals surface area contributed by atoms with E-state index in [-0.39, 0.29) is 35.6 Å². The van der Waals surface area contributed by atoms with Gasteiger partial charge in [-0.1, -0.05) is 30.3 Å². The molecule has 0 radical (unpaired) electrons. The first-order chi connectivity index (χ1) is 10.5. The van der Waals surface area contributed by atoms with E-state index in [1.54, 1.807) is 6.92 Å². The minimum Gasteiger partial charge on any atom is -0.433 e. The summed E-state index contributed by atoms with van der Waals surface area (Å²) in [5.41, 5.74) is 1.05. The van der Waals surface area contributed by atoms with Crippen molar-refractivity contribution < 1.29 is 23.8 Å². The molecule has 0 unspecified atom stereocenters. The van der Waals surface area contributed by atoms with Crippen molar-refractivity contribution in [2.75, 3.05) is 0 Å². The zero-order valence-electron chi connectivity index (χ0n) is 12.2. The van der Waals surface area contributed by atoms with Crippen LogP contribution in [0.25, 0.3) is 0 Å². The fourth-order valence-corrected chi connectivity index (χ4v) is 5.07. The molecular formula is C17H16O5. The smallest absolute Gasteiger partial charge is 0.312 e. The maximum absolute atomic E-state index is 12.3. The molecule has 0 aromatic heterocycles. The Morgan fingerprint density at radius 1 is 1.05 bits per heavy atom. The Bertz CT molecular complexity index is 686. The number of hydrogen-bond acceptors (Lipinski definition) is 5. The van der Waals surface area contributed by atoms with Crippen molar-refractivity contribution in [1.29, 1.82) is 0 Å². The van der Waals surface area contributed by atoms with Gasteiger partial charge in [0.1, 0.15) is 0 Å². The number of carbonyl (C=O) groups excluding carboxylic acids is 2. The van der Waals surface area contributed by atoms with Crippen LogP contribution >= 0.6 is 0 Å². The Balaban J connectivity index is 1.60.